The van der Waals surface area contributed by atoms with Crippen molar-refractivity contribution in [3.63, 3.8) is 0 Å². The first-order chi connectivity index (χ1) is 7.27. The predicted molar refractivity (Wildman–Crippen MR) is 55.6 cm³/mol. The first-order valence-corrected chi connectivity index (χ1v) is 5.23. The lowest BCUT2D eigenvalue weighted by molar-refractivity contribution is 0.165. The smallest absolute Gasteiger partial charge is 0.167 e. The Hall–Kier alpha value is -1.09. The minimum atomic E-state index is -0.253. The van der Waals surface area contributed by atoms with Gasteiger partial charge >= 0.3 is 0 Å². The average molecular weight is 210 g/mol. The van der Waals surface area contributed by atoms with Crippen LogP contribution in [0.3, 0.4) is 0 Å². The lowest BCUT2D eigenvalue weighted by atomic mass is 10.1. The van der Waals surface area contributed by atoms with E-state index in [1.54, 1.807) is 25.1 Å². The van der Waals surface area contributed by atoms with Crippen LogP contribution in [0.25, 0.3) is 0 Å². The van der Waals surface area contributed by atoms with Gasteiger partial charge in [0.25, 0.3) is 0 Å². The molecule has 15 heavy (non-hydrogen) atoms. The van der Waals surface area contributed by atoms with Crippen molar-refractivity contribution in [2.24, 2.45) is 5.92 Å². The maximum absolute atomic E-state index is 13.5. The molecule has 0 unspecified atom stereocenters. The second kappa shape index (κ2) is 4.62. The van der Waals surface area contributed by atoms with Gasteiger partial charge in [-0.1, -0.05) is 12.1 Å². The molecule has 1 heterocycles. The predicted octanol–water partition coefficient (Wildman–Crippen LogP) is 2.55. The quantitative estimate of drug-likeness (QED) is 0.763. The average Bonchev–Trinajstić information content (AvgIpc) is 2.73. The molecule has 3 heteroatoms. The van der Waals surface area contributed by atoms with Crippen LogP contribution >= 0.6 is 0 Å². The molecule has 0 aliphatic carbocycles. The van der Waals surface area contributed by atoms with E-state index in [0.717, 1.165) is 19.6 Å². The van der Waals surface area contributed by atoms with Crippen LogP contribution in [0, 0.1) is 18.7 Å². The molecule has 1 saturated heterocycles. The molecule has 0 bridgehead atoms. The Bertz CT molecular complexity index is 332. The van der Waals surface area contributed by atoms with Crippen LogP contribution in [0.15, 0.2) is 18.2 Å². The van der Waals surface area contributed by atoms with E-state index in [1.807, 2.05) is 0 Å². The summed E-state index contributed by atoms with van der Waals surface area (Å²) in [6, 6.07) is 5.21. The first kappa shape index (κ1) is 10.4. The van der Waals surface area contributed by atoms with Crippen molar-refractivity contribution in [1.29, 1.82) is 0 Å². The maximum Gasteiger partial charge on any atom is 0.167 e. The summed E-state index contributed by atoms with van der Waals surface area (Å²) in [7, 11) is 0. The second-order valence-electron chi connectivity index (χ2n) is 3.93. The molecule has 1 aliphatic heterocycles. The molecule has 0 N–H and O–H groups in total. The van der Waals surface area contributed by atoms with Crippen LogP contribution in [0.2, 0.25) is 0 Å². The fraction of sp³-hybridized carbons (Fsp3) is 0.500. The molecular weight excluding hydrogens is 195 g/mol. The van der Waals surface area contributed by atoms with Crippen LogP contribution in [0.5, 0.6) is 5.75 Å². The topological polar surface area (TPSA) is 18.5 Å². The summed E-state index contributed by atoms with van der Waals surface area (Å²) in [4.78, 5) is 0. The highest BCUT2D eigenvalue weighted by molar-refractivity contribution is 5.30. The van der Waals surface area contributed by atoms with Crippen molar-refractivity contribution in [3.8, 4) is 5.75 Å². The molecule has 0 radical (unpaired) electrons. The van der Waals surface area contributed by atoms with Gasteiger partial charge in [-0.05, 0) is 25.0 Å². The molecule has 0 aromatic heterocycles. The number of hydrogen-bond acceptors (Lipinski definition) is 2. The molecule has 0 saturated carbocycles. The van der Waals surface area contributed by atoms with E-state index >= 15 is 0 Å². The zero-order valence-corrected chi connectivity index (χ0v) is 8.83. The second-order valence-corrected chi connectivity index (χ2v) is 3.93. The van der Waals surface area contributed by atoms with E-state index < -0.39 is 0 Å². The van der Waals surface area contributed by atoms with Crippen molar-refractivity contribution < 1.29 is 13.9 Å². The third-order valence-corrected chi connectivity index (χ3v) is 2.65. The maximum atomic E-state index is 13.5. The van der Waals surface area contributed by atoms with Gasteiger partial charge in [-0.25, -0.2) is 4.39 Å². The summed E-state index contributed by atoms with van der Waals surface area (Å²) in [5.41, 5.74) is 0.621. The molecule has 1 aromatic carbocycles. The number of rotatable bonds is 3. The molecule has 0 amide bonds. The van der Waals surface area contributed by atoms with Gasteiger partial charge in [0.15, 0.2) is 11.6 Å². The van der Waals surface area contributed by atoms with Crippen LogP contribution in [-0.2, 0) is 4.74 Å². The van der Waals surface area contributed by atoms with Crippen molar-refractivity contribution in [1.82, 2.24) is 0 Å². The van der Waals surface area contributed by atoms with E-state index in [4.69, 9.17) is 9.47 Å². The fourth-order valence-corrected chi connectivity index (χ4v) is 1.65. The molecule has 1 fully saturated rings. The summed E-state index contributed by atoms with van der Waals surface area (Å²) >= 11 is 0. The van der Waals surface area contributed by atoms with E-state index in [1.165, 1.54) is 0 Å². The summed E-state index contributed by atoms with van der Waals surface area (Å²) in [5.74, 6) is 0.503. The van der Waals surface area contributed by atoms with Crippen LogP contribution < -0.4 is 4.74 Å². The van der Waals surface area contributed by atoms with Gasteiger partial charge in [0.2, 0.25) is 0 Å². The van der Waals surface area contributed by atoms with Gasteiger partial charge in [0.05, 0.1) is 13.2 Å². The largest absolute Gasteiger partial charge is 0.490 e. The van der Waals surface area contributed by atoms with E-state index in [-0.39, 0.29) is 5.82 Å². The van der Waals surface area contributed by atoms with Crippen molar-refractivity contribution >= 4 is 0 Å². The van der Waals surface area contributed by atoms with Gasteiger partial charge in [0, 0.05) is 12.5 Å². The number of aryl methyl sites for hydroxylation is 1. The van der Waals surface area contributed by atoms with Gasteiger partial charge in [-0.15, -0.1) is 0 Å². The summed E-state index contributed by atoms with van der Waals surface area (Å²) in [6.07, 6.45) is 1.01. The Morgan fingerprint density at radius 2 is 2.40 bits per heavy atom. The highest BCUT2D eigenvalue weighted by Gasteiger charge is 2.17. The number of ether oxygens (including phenoxy) is 2. The minimum Gasteiger partial charge on any atom is -0.490 e. The summed E-state index contributed by atoms with van der Waals surface area (Å²) in [5, 5.41) is 0. The molecule has 82 valence electrons. The van der Waals surface area contributed by atoms with E-state index in [0.29, 0.717) is 23.8 Å². The molecule has 2 rings (SSSR count). The van der Waals surface area contributed by atoms with Crippen LogP contribution in [0.1, 0.15) is 12.0 Å². The third-order valence-electron chi connectivity index (χ3n) is 2.65. The highest BCUT2D eigenvalue weighted by Crippen LogP contribution is 2.21. The molecular formula is C12H15FO2. The summed E-state index contributed by atoms with van der Waals surface area (Å²) < 4.78 is 24.2. The van der Waals surface area contributed by atoms with E-state index in [2.05, 4.69) is 0 Å². The zero-order valence-electron chi connectivity index (χ0n) is 8.83. The first-order valence-electron chi connectivity index (χ1n) is 5.23. The van der Waals surface area contributed by atoms with Crippen molar-refractivity contribution in [2.75, 3.05) is 19.8 Å². The zero-order chi connectivity index (χ0) is 10.7. The van der Waals surface area contributed by atoms with Gasteiger partial charge < -0.3 is 9.47 Å². The Morgan fingerprint density at radius 3 is 3.13 bits per heavy atom. The number of benzene rings is 1. The lowest BCUT2D eigenvalue weighted by Crippen LogP contribution is -2.12. The minimum absolute atomic E-state index is 0.253. The Kier molecular flexibility index (Phi) is 3.21. The van der Waals surface area contributed by atoms with Crippen molar-refractivity contribution in [3.05, 3.63) is 29.6 Å². The number of halogens is 1. The normalized spacial score (nSPS) is 20.5. The Morgan fingerprint density at radius 1 is 1.53 bits per heavy atom. The molecule has 1 aliphatic rings. The SMILES string of the molecule is Cc1cccc(OC[C@H]2CCOC2)c1F. The third kappa shape index (κ3) is 2.48. The molecule has 1 atom stereocenters. The Balaban J connectivity index is 1.95. The highest BCUT2D eigenvalue weighted by atomic mass is 19.1. The molecule has 1 aromatic rings. The van der Waals surface area contributed by atoms with Crippen molar-refractivity contribution in [2.45, 2.75) is 13.3 Å². The molecule has 0 spiro atoms. The van der Waals surface area contributed by atoms with Crippen LogP contribution in [0.4, 0.5) is 4.39 Å². The lowest BCUT2D eigenvalue weighted by Gasteiger charge is -2.11. The summed E-state index contributed by atoms with van der Waals surface area (Å²) in [6.45, 7) is 3.80. The van der Waals surface area contributed by atoms with Crippen LogP contribution in [-0.4, -0.2) is 19.8 Å². The van der Waals surface area contributed by atoms with Gasteiger partial charge in [0.1, 0.15) is 0 Å². The number of hydrogen-bond donors (Lipinski definition) is 0. The monoisotopic (exact) mass is 210 g/mol. The fourth-order valence-electron chi connectivity index (χ4n) is 1.65. The molecule has 2 nitrogen and oxygen atoms in total. The van der Waals surface area contributed by atoms with Gasteiger partial charge in [-0.3, -0.25) is 0 Å². The van der Waals surface area contributed by atoms with E-state index in [9.17, 15) is 4.39 Å². The standard InChI is InChI=1S/C12H15FO2/c1-9-3-2-4-11(12(9)13)15-8-10-5-6-14-7-10/h2-4,10H,5-8H2,1H3/t10-/m0/s1. The Labute approximate surface area is 89.0 Å². The van der Waals surface area contributed by atoms with Gasteiger partial charge in [-0.2, -0.15) is 0 Å².